The molecule has 0 spiro atoms. The van der Waals surface area contributed by atoms with E-state index in [4.69, 9.17) is 9.47 Å². The van der Waals surface area contributed by atoms with Gasteiger partial charge in [-0.2, -0.15) is 25.3 Å². The van der Waals surface area contributed by atoms with Crippen molar-refractivity contribution in [2.45, 2.75) is 87.9 Å². The minimum atomic E-state index is -0.0832. The number of carbonyl (C=O) groups excluding carboxylic acids is 2. The standard InChI is InChI=1S/2C9H18O2S.2CH3.Sn/c2*1-2-3-4-5-6-9(10)11-7-8-12;;;/h2*12H,2-8H2,1H3;2*1H3;. The molecule has 0 rings (SSSR count). The van der Waals surface area contributed by atoms with Gasteiger partial charge in [-0.25, -0.2) is 0 Å². The molecule has 7 heteroatoms. The molecule has 27 heavy (non-hydrogen) atoms. The number of hydrogen-bond donors (Lipinski definition) is 2. The Bertz CT molecular complexity index is 278. The fourth-order valence-electron chi connectivity index (χ4n) is 1.86. The van der Waals surface area contributed by atoms with Crippen LogP contribution in [0, 0.1) is 0 Å². The van der Waals surface area contributed by atoms with Gasteiger partial charge >= 0.3 is 43.0 Å². The second-order valence-corrected chi connectivity index (χ2v) is 9.76. The van der Waals surface area contributed by atoms with Crippen LogP contribution >= 0.6 is 25.3 Å². The Labute approximate surface area is 189 Å². The van der Waals surface area contributed by atoms with E-state index in [1.165, 1.54) is 25.7 Å². The van der Waals surface area contributed by atoms with Crippen molar-refractivity contribution < 1.29 is 19.1 Å². The molecule has 0 amide bonds. The number of carbonyl (C=O) groups is 2. The van der Waals surface area contributed by atoms with Gasteiger partial charge in [-0.15, -0.1) is 0 Å². The zero-order valence-electron chi connectivity index (χ0n) is 17.9. The first kappa shape index (κ1) is 32.1. The molecule has 0 unspecified atom stereocenters. The molecule has 0 saturated heterocycles. The summed E-state index contributed by atoms with van der Waals surface area (Å²) in [5.41, 5.74) is 0. The van der Waals surface area contributed by atoms with Crippen LogP contribution in [-0.2, 0) is 19.1 Å². The zero-order chi connectivity index (χ0) is 21.2. The minimum absolute atomic E-state index is 0.0832. The second kappa shape index (κ2) is 31.1. The zero-order valence-corrected chi connectivity index (χ0v) is 22.6. The summed E-state index contributed by atoms with van der Waals surface area (Å²) in [6, 6.07) is 0. The van der Waals surface area contributed by atoms with Crippen molar-refractivity contribution in [3.63, 3.8) is 0 Å². The third kappa shape index (κ3) is 37.8. The number of hydrogen-bond acceptors (Lipinski definition) is 6. The van der Waals surface area contributed by atoms with Gasteiger partial charge in [-0.05, 0) is 12.8 Å². The molecule has 0 atom stereocenters. The molecule has 0 bridgehead atoms. The summed E-state index contributed by atoms with van der Waals surface area (Å²) < 4.78 is 9.71. The summed E-state index contributed by atoms with van der Waals surface area (Å²) in [7, 11) is 0. The summed E-state index contributed by atoms with van der Waals surface area (Å²) in [6.45, 7) is 5.18. The Morgan fingerprint density at radius 3 is 1.30 bits per heavy atom. The van der Waals surface area contributed by atoms with E-state index < -0.39 is 0 Å². The normalized spacial score (nSPS) is 9.41. The number of unbranched alkanes of at least 4 members (excludes halogenated alkanes) is 6. The first-order valence-electron chi connectivity index (χ1n) is 10.1. The van der Waals surface area contributed by atoms with Crippen LogP contribution in [0.1, 0.15) is 78.1 Å². The van der Waals surface area contributed by atoms with Crippen LogP contribution in [0.3, 0.4) is 0 Å². The van der Waals surface area contributed by atoms with Gasteiger partial charge in [0.15, 0.2) is 0 Å². The van der Waals surface area contributed by atoms with Crippen LogP contribution in [0.5, 0.6) is 0 Å². The Hall–Kier alpha value is 0.439. The van der Waals surface area contributed by atoms with Crippen LogP contribution in [0.4, 0.5) is 0 Å². The van der Waals surface area contributed by atoms with Gasteiger partial charge in [0.25, 0.3) is 0 Å². The van der Waals surface area contributed by atoms with Gasteiger partial charge in [0.1, 0.15) is 13.2 Å². The molecule has 0 heterocycles. The van der Waals surface area contributed by atoms with Crippen LogP contribution in [0.2, 0.25) is 9.88 Å². The SMILES string of the molecule is CCCCCCC(=O)OCCS.CCCCCCC(=O)OCCS.[CH3][Sn][CH3]. The third-order valence-corrected chi connectivity index (χ3v) is 3.54. The summed E-state index contributed by atoms with van der Waals surface area (Å²) in [6.07, 6.45) is 10.1. The van der Waals surface area contributed by atoms with Gasteiger partial charge in [-0.1, -0.05) is 52.4 Å². The third-order valence-electron chi connectivity index (χ3n) is 3.18. The first-order chi connectivity index (χ1) is 13.0. The van der Waals surface area contributed by atoms with Crippen molar-refractivity contribution in [2.24, 2.45) is 0 Å². The molecule has 0 aromatic carbocycles. The summed E-state index contributed by atoms with van der Waals surface area (Å²) in [5.74, 6) is 1.06. The number of thiol groups is 2. The predicted molar refractivity (Wildman–Crippen MR) is 125 cm³/mol. The average molecular weight is 529 g/mol. The van der Waals surface area contributed by atoms with Crippen molar-refractivity contribution in [3.8, 4) is 0 Å². The van der Waals surface area contributed by atoms with Gasteiger partial charge in [0, 0.05) is 24.3 Å². The van der Waals surface area contributed by atoms with E-state index in [-0.39, 0.29) is 33.1 Å². The van der Waals surface area contributed by atoms with Crippen LogP contribution in [-0.4, -0.2) is 57.8 Å². The Morgan fingerprint density at radius 1 is 0.704 bits per heavy atom. The molecule has 0 aliphatic rings. The second-order valence-electron chi connectivity index (χ2n) is 6.01. The molecule has 0 N–H and O–H groups in total. The van der Waals surface area contributed by atoms with Gasteiger partial charge < -0.3 is 9.47 Å². The van der Waals surface area contributed by atoms with E-state index in [1.54, 1.807) is 0 Å². The van der Waals surface area contributed by atoms with Crippen molar-refractivity contribution in [2.75, 3.05) is 24.7 Å². The van der Waals surface area contributed by atoms with Crippen LogP contribution in [0.25, 0.3) is 0 Å². The molecule has 0 aliphatic carbocycles. The van der Waals surface area contributed by atoms with Gasteiger partial charge in [0.2, 0.25) is 0 Å². The molecular formula is C20H42O4S2Sn. The van der Waals surface area contributed by atoms with Gasteiger partial charge in [-0.3, -0.25) is 9.59 Å². The monoisotopic (exact) mass is 530 g/mol. The van der Waals surface area contributed by atoms with Gasteiger partial charge in [0.05, 0.1) is 0 Å². The van der Waals surface area contributed by atoms with Crippen molar-refractivity contribution in [1.29, 1.82) is 0 Å². The number of ether oxygens (including phenoxy) is 2. The fourth-order valence-corrected chi connectivity index (χ4v) is 2.04. The number of rotatable bonds is 14. The fraction of sp³-hybridized carbons (Fsp3) is 0.900. The van der Waals surface area contributed by atoms with E-state index in [0.717, 1.165) is 25.7 Å². The molecule has 0 aromatic heterocycles. The van der Waals surface area contributed by atoms with Crippen molar-refractivity contribution >= 4 is 58.3 Å². The summed E-state index contributed by atoms with van der Waals surface area (Å²) >= 11 is 8.12. The molecule has 0 fully saturated rings. The predicted octanol–water partition coefficient (Wildman–Crippen LogP) is 5.65. The molecule has 162 valence electrons. The van der Waals surface area contributed by atoms with Crippen LogP contribution in [0.15, 0.2) is 0 Å². The maximum absolute atomic E-state index is 10.9. The molecular weight excluding hydrogens is 487 g/mol. The van der Waals surface area contributed by atoms with Crippen molar-refractivity contribution in [3.05, 3.63) is 0 Å². The van der Waals surface area contributed by atoms with E-state index in [9.17, 15) is 9.59 Å². The molecule has 0 aromatic rings. The first-order valence-corrected chi connectivity index (χ1v) is 17.1. The molecule has 0 saturated carbocycles. The van der Waals surface area contributed by atoms with E-state index in [1.807, 2.05) is 0 Å². The topological polar surface area (TPSA) is 52.6 Å². The van der Waals surface area contributed by atoms with Crippen LogP contribution < -0.4 is 0 Å². The Balaban J connectivity index is -0.000000372. The average Bonchev–Trinajstić information content (AvgIpc) is 2.66. The number of esters is 2. The van der Waals surface area contributed by atoms with Crippen molar-refractivity contribution in [1.82, 2.24) is 0 Å². The summed E-state index contributed by atoms with van der Waals surface area (Å²) in [4.78, 5) is 26.4. The quantitative estimate of drug-likeness (QED) is 0.132. The molecule has 0 aliphatic heterocycles. The maximum atomic E-state index is 10.9. The van der Waals surface area contributed by atoms with E-state index >= 15 is 0 Å². The molecule has 2 radical (unpaired) electrons. The van der Waals surface area contributed by atoms with E-state index in [2.05, 4.69) is 49.0 Å². The summed E-state index contributed by atoms with van der Waals surface area (Å²) in [5, 5.41) is 0. The Kier molecular flexibility index (Phi) is 37.0. The Morgan fingerprint density at radius 2 is 1.04 bits per heavy atom. The molecule has 4 nitrogen and oxygen atoms in total. The van der Waals surface area contributed by atoms with E-state index in [0.29, 0.717) is 37.6 Å².